The monoisotopic (exact) mass is 258 g/mol. The van der Waals surface area contributed by atoms with Gasteiger partial charge in [-0.1, -0.05) is 6.07 Å². The fourth-order valence-corrected chi connectivity index (χ4v) is 1.93. The average Bonchev–Trinajstić information content (AvgIpc) is 2.65. The minimum absolute atomic E-state index is 0.0700. The third-order valence-corrected chi connectivity index (χ3v) is 2.76. The minimum Gasteiger partial charge on any atom is -0.379 e. The summed E-state index contributed by atoms with van der Waals surface area (Å²) in [7, 11) is 1.93. The molecule has 19 heavy (non-hydrogen) atoms. The normalized spacial score (nSPS) is 10.3. The van der Waals surface area contributed by atoms with Gasteiger partial charge in [-0.05, 0) is 31.2 Å². The molecule has 0 unspecified atom stereocenters. The molecule has 0 fully saturated rings. The van der Waals surface area contributed by atoms with Gasteiger partial charge in [-0.3, -0.25) is 9.48 Å². The van der Waals surface area contributed by atoms with Crippen molar-refractivity contribution in [2.75, 3.05) is 10.6 Å². The minimum atomic E-state index is -0.0700. The first-order chi connectivity index (χ1) is 9.04. The highest BCUT2D eigenvalue weighted by Crippen LogP contribution is 2.16. The Balaban J connectivity index is 2.03. The first kappa shape index (κ1) is 13.1. The van der Waals surface area contributed by atoms with Gasteiger partial charge < -0.3 is 10.6 Å². The van der Waals surface area contributed by atoms with Gasteiger partial charge in [0.15, 0.2) is 0 Å². The number of anilines is 2. The Bertz CT molecular complexity index is 589. The lowest BCUT2D eigenvalue weighted by Gasteiger charge is -2.08. The molecule has 100 valence electrons. The topological polar surface area (TPSA) is 59.0 Å². The zero-order valence-corrected chi connectivity index (χ0v) is 11.4. The van der Waals surface area contributed by atoms with Gasteiger partial charge in [-0.25, -0.2) is 0 Å². The van der Waals surface area contributed by atoms with Crippen LogP contribution in [0.1, 0.15) is 18.3 Å². The predicted molar refractivity (Wildman–Crippen MR) is 76.0 cm³/mol. The van der Waals surface area contributed by atoms with Crippen LogP contribution in [0.5, 0.6) is 0 Å². The van der Waals surface area contributed by atoms with E-state index in [1.165, 1.54) is 6.92 Å². The molecule has 0 saturated carbocycles. The van der Waals surface area contributed by atoms with Gasteiger partial charge in [0.2, 0.25) is 5.91 Å². The van der Waals surface area contributed by atoms with Crippen LogP contribution in [0.4, 0.5) is 11.4 Å². The quantitative estimate of drug-likeness (QED) is 0.884. The molecule has 0 aliphatic heterocycles. The fourth-order valence-electron chi connectivity index (χ4n) is 1.93. The first-order valence-corrected chi connectivity index (χ1v) is 6.15. The average molecular weight is 258 g/mol. The number of aryl methyl sites for hydroxylation is 2. The van der Waals surface area contributed by atoms with Gasteiger partial charge in [-0.15, -0.1) is 0 Å². The number of hydrogen-bond acceptors (Lipinski definition) is 3. The molecule has 2 N–H and O–H groups in total. The molecule has 0 atom stereocenters. The van der Waals surface area contributed by atoms with E-state index in [4.69, 9.17) is 0 Å². The van der Waals surface area contributed by atoms with Gasteiger partial charge in [-0.2, -0.15) is 5.10 Å². The lowest BCUT2D eigenvalue weighted by Crippen LogP contribution is -2.07. The highest BCUT2D eigenvalue weighted by atomic mass is 16.1. The van der Waals surface area contributed by atoms with Crippen LogP contribution in [0.25, 0.3) is 0 Å². The summed E-state index contributed by atoms with van der Waals surface area (Å²) in [5.41, 5.74) is 3.87. The van der Waals surface area contributed by atoms with E-state index < -0.39 is 0 Å². The molecule has 1 amide bonds. The van der Waals surface area contributed by atoms with E-state index in [1.807, 2.05) is 49.0 Å². The third kappa shape index (κ3) is 3.58. The van der Waals surface area contributed by atoms with E-state index in [-0.39, 0.29) is 5.91 Å². The highest BCUT2D eigenvalue weighted by molar-refractivity contribution is 5.89. The summed E-state index contributed by atoms with van der Waals surface area (Å²) >= 11 is 0. The van der Waals surface area contributed by atoms with Crippen LogP contribution in [0.2, 0.25) is 0 Å². The molecule has 1 aromatic carbocycles. The van der Waals surface area contributed by atoms with Crippen LogP contribution in [-0.4, -0.2) is 15.7 Å². The summed E-state index contributed by atoms with van der Waals surface area (Å²) in [5.74, 6) is -0.0700. The van der Waals surface area contributed by atoms with E-state index >= 15 is 0 Å². The summed E-state index contributed by atoms with van der Waals surface area (Å²) < 4.78 is 1.86. The van der Waals surface area contributed by atoms with E-state index in [1.54, 1.807) is 0 Å². The first-order valence-electron chi connectivity index (χ1n) is 6.15. The van der Waals surface area contributed by atoms with Crippen LogP contribution in [-0.2, 0) is 18.4 Å². The van der Waals surface area contributed by atoms with Crippen LogP contribution in [0.3, 0.4) is 0 Å². The molecule has 1 heterocycles. The van der Waals surface area contributed by atoms with Crippen molar-refractivity contribution < 1.29 is 4.79 Å². The van der Waals surface area contributed by atoms with Crippen molar-refractivity contribution in [3.05, 3.63) is 41.7 Å². The van der Waals surface area contributed by atoms with E-state index in [0.717, 1.165) is 22.8 Å². The summed E-state index contributed by atoms with van der Waals surface area (Å²) in [4.78, 5) is 11.0. The van der Waals surface area contributed by atoms with Gasteiger partial charge in [0.1, 0.15) is 0 Å². The summed E-state index contributed by atoms with van der Waals surface area (Å²) in [6, 6.07) is 9.69. The molecular weight excluding hydrogens is 240 g/mol. The van der Waals surface area contributed by atoms with Gasteiger partial charge in [0.05, 0.1) is 17.9 Å². The van der Waals surface area contributed by atoms with Gasteiger partial charge in [0.25, 0.3) is 0 Å². The largest absolute Gasteiger partial charge is 0.379 e. The maximum Gasteiger partial charge on any atom is 0.221 e. The summed E-state index contributed by atoms with van der Waals surface area (Å²) in [5, 5.41) is 10.4. The predicted octanol–water partition coefficient (Wildman–Crippen LogP) is 2.30. The van der Waals surface area contributed by atoms with Crippen molar-refractivity contribution in [2.45, 2.75) is 20.4 Å². The molecule has 5 heteroatoms. The number of benzene rings is 1. The van der Waals surface area contributed by atoms with Crippen molar-refractivity contribution >= 4 is 17.3 Å². The molecule has 5 nitrogen and oxygen atoms in total. The van der Waals surface area contributed by atoms with E-state index in [0.29, 0.717) is 6.54 Å². The number of amides is 1. The number of rotatable bonds is 4. The Labute approximate surface area is 112 Å². The van der Waals surface area contributed by atoms with Crippen molar-refractivity contribution in [3.8, 4) is 0 Å². The second-order valence-electron chi connectivity index (χ2n) is 4.52. The van der Waals surface area contributed by atoms with Gasteiger partial charge >= 0.3 is 0 Å². The third-order valence-electron chi connectivity index (χ3n) is 2.76. The van der Waals surface area contributed by atoms with Crippen molar-refractivity contribution in [1.29, 1.82) is 0 Å². The lowest BCUT2D eigenvalue weighted by atomic mass is 10.2. The highest BCUT2D eigenvalue weighted by Gasteiger charge is 2.02. The summed E-state index contributed by atoms with van der Waals surface area (Å²) in [6.45, 7) is 4.17. The Morgan fingerprint density at radius 3 is 2.68 bits per heavy atom. The molecule has 1 aromatic heterocycles. The zero-order chi connectivity index (χ0) is 13.8. The Morgan fingerprint density at radius 1 is 1.32 bits per heavy atom. The van der Waals surface area contributed by atoms with Crippen LogP contribution < -0.4 is 10.6 Å². The molecule has 0 radical (unpaired) electrons. The number of aromatic nitrogens is 2. The fraction of sp³-hybridized carbons (Fsp3) is 0.286. The smallest absolute Gasteiger partial charge is 0.221 e. The Hall–Kier alpha value is -2.30. The second-order valence-corrected chi connectivity index (χ2v) is 4.52. The molecule has 0 aliphatic carbocycles. The van der Waals surface area contributed by atoms with Crippen molar-refractivity contribution in [1.82, 2.24) is 9.78 Å². The number of carbonyl (C=O) groups is 1. The number of hydrogen-bond donors (Lipinski definition) is 2. The zero-order valence-electron chi connectivity index (χ0n) is 11.4. The molecule has 2 rings (SSSR count). The van der Waals surface area contributed by atoms with E-state index in [2.05, 4.69) is 15.7 Å². The maximum absolute atomic E-state index is 11.0. The molecule has 0 spiro atoms. The lowest BCUT2D eigenvalue weighted by molar-refractivity contribution is -0.114. The Kier molecular flexibility index (Phi) is 3.85. The SMILES string of the molecule is CC(=O)Nc1cccc(NCc2cc(C)nn2C)c1. The Morgan fingerprint density at radius 2 is 2.05 bits per heavy atom. The second kappa shape index (κ2) is 5.56. The van der Waals surface area contributed by atoms with Crippen LogP contribution in [0, 0.1) is 6.92 Å². The van der Waals surface area contributed by atoms with Crippen molar-refractivity contribution in [2.24, 2.45) is 7.05 Å². The standard InChI is InChI=1S/C14H18N4O/c1-10-7-14(18(3)17-10)9-15-12-5-4-6-13(8-12)16-11(2)19/h4-8,15H,9H2,1-3H3,(H,16,19). The molecule has 0 saturated heterocycles. The summed E-state index contributed by atoms with van der Waals surface area (Å²) in [6.07, 6.45) is 0. The van der Waals surface area contributed by atoms with E-state index in [9.17, 15) is 4.79 Å². The number of nitrogens with one attached hydrogen (secondary N) is 2. The molecule has 0 aliphatic rings. The number of nitrogens with zero attached hydrogens (tertiary/aromatic N) is 2. The number of carbonyl (C=O) groups excluding carboxylic acids is 1. The molecule has 2 aromatic rings. The molecular formula is C14H18N4O. The van der Waals surface area contributed by atoms with Crippen LogP contribution >= 0.6 is 0 Å². The maximum atomic E-state index is 11.0. The van der Waals surface area contributed by atoms with Crippen LogP contribution in [0.15, 0.2) is 30.3 Å². The molecule has 0 bridgehead atoms. The van der Waals surface area contributed by atoms with Gasteiger partial charge in [0, 0.05) is 25.3 Å². The van der Waals surface area contributed by atoms with Crippen molar-refractivity contribution in [3.63, 3.8) is 0 Å².